The zero-order chi connectivity index (χ0) is 10.6. The SMILES string of the molecule is [NH]C(=O)OCc1ccccc1[N+](=O)[O-]. The molecule has 1 radical (unpaired) electrons. The van der Waals surface area contributed by atoms with E-state index >= 15 is 0 Å². The fourth-order valence-electron chi connectivity index (χ4n) is 0.954. The van der Waals surface area contributed by atoms with Gasteiger partial charge in [0, 0.05) is 6.07 Å². The van der Waals surface area contributed by atoms with E-state index in [0.29, 0.717) is 0 Å². The van der Waals surface area contributed by atoms with Gasteiger partial charge in [-0.05, 0) is 6.07 Å². The lowest BCUT2D eigenvalue weighted by molar-refractivity contribution is -0.385. The summed E-state index contributed by atoms with van der Waals surface area (Å²) < 4.78 is 4.34. The molecule has 0 fully saturated rings. The van der Waals surface area contributed by atoms with Crippen LogP contribution in [-0.2, 0) is 11.3 Å². The minimum Gasteiger partial charge on any atom is -0.443 e. The summed E-state index contributed by atoms with van der Waals surface area (Å²) in [6, 6.07) is 5.90. The van der Waals surface area contributed by atoms with Gasteiger partial charge < -0.3 is 4.74 Å². The number of benzene rings is 1. The van der Waals surface area contributed by atoms with Crippen LogP contribution in [-0.4, -0.2) is 11.0 Å². The Kier molecular flexibility index (Phi) is 3.01. The zero-order valence-corrected chi connectivity index (χ0v) is 7.10. The normalized spacial score (nSPS) is 9.43. The van der Waals surface area contributed by atoms with Crippen LogP contribution in [0.2, 0.25) is 0 Å². The predicted octanol–water partition coefficient (Wildman–Crippen LogP) is 1.51. The molecule has 0 atom stereocenters. The second-order valence-corrected chi connectivity index (χ2v) is 2.46. The maximum absolute atomic E-state index is 10.5. The van der Waals surface area contributed by atoms with Crippen molar-refractivity contribution in [3.8, 4) is 0 Å². The van der Waals surface area contributed by atoms with Gasteiger partial charge in [0.05, 0.1) is 10.5 Å². The maximum atomic E-state index is 10.5. The molecule has 1 aromatic carbocycles. The van der Waals surface area contributed by atoms with E-state index in [-0.39, 0.29) is 17.9 Å². The van der Waals surface area contributed by atoms with Crippen molar-refractivity contribution in [2.24, 2.45) is 0 Å². The van der Waals surface area contributed by atoms with Crippen LogP contribution in [0.1, 0.15) is 5.56 Å². The van der Waals surface area contributed by atoms with Crippen LogP contribution in [0.3, 0.4) is 0 Å². The highest BCUT2D eigenvalue weighted by molar-refractivity contribution is 5.63. The first-order chi connectivity index (χ1) is 6.61. The lowest BCUT2D eigenvalue weighted by atomic mass is 10.2. The lowest BCUT2D eigenvalue weighted by Crippen LogP contribution is -2.04. The number of nitrogens with zero attached hydrogens (tertiary/aromatic N) is 1. The van der Waals surface area contributed by atoms with Gasteiger partial charge in [-0.25, -0.2) is 10.5 Å². The van der Waals surface area contributed by atoms with Crippen molar-refractivity contribution in [3.63, 3.8) is 0 Å². The molecule has 0 aromatic heterocycles. The Morgan fingerprint density at radius 2 is 2.14 bits per heavy atom. The van der Waals surface area contributed by atoms with Gasteiger partial charge in [0.15, 0.2) is 0 Å². The van der Waals surface area contributed by atoms with Gasteiger partial charge >= 0.3 is 6.09 Å². The zero-order valence-electron chi connectivity index (χ0n) is 7.10. The molecule has 0 aliphatic carbocycles. The third-order valence-corrected chi connectivity index (χ3v) is 1.55. The first-order valence-electron chi connectivity index (χ1n) is 3.72. The van der Waals surface area contributed by atoms with Crippen LogP contribution in [0, 0.1) is 10.1 Å². The van der Waals surface area contributed by atoms with Gasteiger partial charge in [-0.15, -0.1) is 0 Å². The average Bonchev–Trinajstić information content (AvgIpc) is 2.15. The Morgan fingerprint density at radius 1 is 1.50 bits per heavy atom. The molecule has 0 aliphatic rings. The van der Waals surface area contributed by atoms with Crippen molar-refractivity contribution in [2.45, 2.75) is 6.61 Å². The molecule has 0 heterocycles. The molecule has 0 unspecified atom stereocenters. The van der Waals surface area contributed by atoms with Crippen molar-refractivity contribution in [1.29, 1.82) is 0 Å². The van der Waals surface area contributed by atoms with E-state index in [9.17, 15) is 14.9 Å². The summed E-state index contributed by atoms with van der Waals surface area (Å²) >= 11 is 0. The number of ether oxygens (including phenoxy) is 1. The van der Waals surface area contributed by atoms with Crippen molar-refractivity contribution < 1.29 is 14.5 Å². The van der Waals surface area contributed by atoms with Crippen molar-refractivity contribution in [2.75, 3.05) is 0 Å². The molecule has 14 heavy (non-hydrogen) atoms. The predicted molar refractivity (Wildman–Crippen MR) is 46.4 cm³/mol. The standard InChI is InChI=1S/C8H7N2O4/c9-8(11)14-5-6-3-1-2-4-7(6)10(12)13/h1-4,9H,5H2. The number of hydrogen-bond acceptors (Lipinski definition) is 4. The van der Waals surface area contributed by atoms with Crippen LogP contribution in [0.5, 0.6) is 0 Å². The number of amides is 1. The summed E-state index contributed by atoms with van der Waals surface area (Å²) in [5, 5.41) is 10.5. The third-order valence-electron chi connectivity index (χ3n) is 1.55. The summed E-state index contributed by atoms with van der Waals surface area (Å²) in [6.45, 7) is -0.251. The number of carbonyl (C=O) groups excluding carboxylic acids is 1. The van der Waals surface area contributed by atoms with Crippen LogP contribution in [0.15, 0.2) is 24.3 Å². The van der Waals surface area contributed by atoms with E-state index in [4.69, 9.17) is 5.73 Å². The number of para-hydroxylation sites is 1. The quantitative estimate of drug-likeness (QED) is 0.539. The number of nitro benzene ring substituents is 1. The molecule has 1 rings (SSSR count). The second kappa shape index (κ2) is 4.22. The van der Waals surface area contributed by atoms with E-state index in [1.807, 2.05) is 0 Å². The van der Waals surface area contributed by atoms with E-state index in [1.165, 1.54) is 18.2 Å². The Bertz CT molecular complexity index is 364. The summed E-state index contributed by atoms with van der Waals surface area (Å²) in [5.74, 6) is 0. The smallest absolute Gasteiger partial charge is 0.426 e. The van der Waals surface area contributed by atoms with Crippen molar-refractivity contribution in [1.82, 2.24) is 5.73 Å². The summed E-state index contributed by atoms with van der Waals surface area (Å²) in [7, 11) is 0. The van der Waals surface area contributed by atoms with Crippen LogP contribution >= 0.6 is 0 Å². The number of rotatable bonds is 3. The average molecular weight is 195 g/mol. The highest BCUT2D eigenvalue weighted by Gasteiger charge is 2.12. The van der Waals surface area contributed by atoms with Gasteiger partial charge in [-0.2, -0.15) is 0 Å². The minimum atomic E-state index is -1.21. The maximum Gasteiger partial charge on any atom is 0.426 e. The third kappa shape index (κ3) is 2.44. The highest BCUT2D eigenvalue weighted by Crippen LogP contribution is 2.18. The molecule has 1 amide bonds. The van der Waals surface area contributed by atoms with Crippen LogP contribution < -0.4 is 5.73 Å². The largest absolute Gasteiger partial charge is 0.443 e. The summed E-state index contributed by atoms with van der Waals surface area (Å²) in [4.78, 5) is 20.1. The molecular weight excluding hydrogens is 188 g/mol. The lowest BCUT2D eigenvalue weighted by Gasteiger charge is -2.01. The van der Waals surface area contributed by atoms with E-state index in [0.717, 1.165) is 0 Å². The van der Waals surface area contributed by atoms with Gasteiger partial charge in [-0.3, -0.25) is 10.1 Å². The van der Waals surface area contributed by atoms with E-state index < -0.39 is 11.0 Å². The molecule has 0 saturated carbocycles. The van der Waals surface area contributed by atoms with Gasteiger partial charge in [0.2, 0.25) is 0 Å². The highest BCUT2D eigenvalue weighted by atomic mass is 16.6. The first-order valence-corrected chi connectivity index (χ1v) is 3.72. The van der Waals surface area contributed by atoms with Crippen molar-refractivity contribution >= 4 is 11.8 Å². The first kappa shape index (κ1) is 9.97. The Morgan fingerprint density at radius 3 is 2.71 bits per heavy atom. The van der Waals surface area contributed by atoms with E-state index in [2.05, 4.69) is 4.74 Å². The van der Waals surface area contributed by atoms with Crippen LogP contribution in [0.4, 0.5) is 10.5 Å². The fourth-order valence-corrected chi connectivity index (χ4v) is 0.954. The van der Waals surface area contributed by atoms with Gasteiger partial charge in [0.25, 0.3) is 5.69 Å². The second-order valence-electron chi connectivity index (χ2n) is 2.46. The number of nitro groups is 1. The Balaban J connectivity index is 2.84. The molecule has 6 heteroatoms. The molecule has 0 saturated heterocycles. The molecule has 0 bridgehead atoms. The van der Waals surface area contributed by atoms with E-state index in [1.54, 1.807) is 6.07 Å². The topological polar surface area (TPSA) is 93.2 Å². The minimum absolute atomic E-state index is 0.117. The summed E-state index contributed by atoms with van der Waals surface area (Å²) in [5.41, 5.74) is 6.63. The monoisotopic (exact) mass is 195 g/mol. The molecule has 0 spiro atoms. The Hall–Kier alpha value is -2.11. The van der Waals surface area contributed by atoms with Gasteiger partial charge in [0.1, 0.15) is 6.61 Å². The molecule has 6 nitrogen and oxygen atoms in total. The molecule has 73 valence electrons. The van der Waals surface area contributed by atoms with Gasteiger partial charge in [-0.1, -0.05) is 12.1 Å². The Labute approximate surface area is 79.4 Å². The number of hydrogen-bond donors (Lipinski definition) is 0. The fraction of sp³-hybridized carbons (Fsp3) is 0.125. The van der Waals surface area contributed by atoms with Crippen LogP contribution in [0.25, 0.3) is 0 Å². The molecule has 0 aliphatic heterocycles. The molecule has 1 aromatic rings. The number of carbonyl (C=O) groups is 1. The molecular formula is C8H7N2O4. The number of nitrogens with one attached hydrogen (secondary N) is 1. The summed E-state index contributed by atoms with van der Waals surface area (Å²) in [6.07, 6.45) is -1.21. The molecule has 1 N–H and O–H groups in total. The van der Waals surface area contributed by atoms with Crippen molar-refractivity contribution in [3.05, 3.63) is 39.9 Å².